The predicted octanol–water partition coefficient (Wildman–Crippen LogP) is 1.33. The molecular formula is C11H14INO2. The van der Waals surface area contributed by atoms with Crippen molar-refractivity contribution in [2.24, 2.45) is 0 Å². The fourth-order valence-electron chi connectivity index (χ4n) is 1.16. The number of rotatable bonds is 5. The van der Waals surface area contributed by atoms with Gasteiger partial charge < -0.3 is 10.4 Å². The lowest BCUT2D eigenvalue weighted by molar-refractivity contribution is -0.120. The van der Waals surface area contributed by atoms with Gasteiger partial charge in [0.2, 0.25) is 5.91 Å². The molecule has 15 heavy (non-hydrogen) atoms. The molecule has 0 bridgehead atoms. The van der Waals surface area contributed by atoms with E-state index in [9.17, 15) is 4.79 Å². The fourth-order valence-corrected chi connectivity index (χ4v) is 1.52. The van der Waals surface area contributed by atoms with Crippen LogP contribution in [0.2, 0.25) is 0 Å². The van der Waals surface area contributed by atoms with Gasteiger partial charge in [0.25, 0.3) is 0 Å². The Hall–Kier alpha value is -0.620. The molecule has 0 aliphatic carbocycles. The number of carbonyl (C=O) groups is 1. The lowest BCUT2D eigenvalue weighted by Crippen LogP contribution is -2.26. The highest BCUT2D eigenvalue weighted by Crippen LogP contribution is 2.07. The maximum atomic E-state index is 11.4. The summed E-state index contributed by atoms with van der Waals surface area (Å²) in [5.41, 5.74) is 1.01. The third-order valence-electron chi connectivity index (χ3n) is 1.93. The molecule has 0 aliphatic rings. The van der Waals surface area contributed by atoms with Crippen LogP contribution in [0.5, 0.6) is 0 Å². The van der Waals surface area contributed by atoms with Gasteiger partial charge >= 0.3 is 0 Å². The largest absolute Gasteiger partial charge is 0.396 e. The van der Waals surface area contributed by atoms with Gasteiger partial charge in [-0.2, -0.15) is 0 Å². The third kappa shape index (κ3) is 5.13. The zero-order valence-corrected chi connectivity index (χ0v) is 10.5. The molecule has 0 heterocycles. The van der Waals surface area contributed by atoms with E-state index in [1.165, 1.54) is 0 Å². The Morgan fingerprint density at radius 2 is 2.00 bits per heavy atom. The quantitative estimate of drug-likeness (QED) is 0.635. The monoisotopic (exact) mass is 319 g/mol. The van der Waals surface area contributed by atoms with E-state index in [0.717, 1.165) is 9.13 Å². The van der Waals surface area contributed by atoms with Crippen LogP contribution in [0.25, 0.3) is 0 Å². The predicted molar refractivity (Wildman–Crippen MR) is 67.6 cm³/mol. The van der Waals surface area contributed by atoms with E-state index >= 15 is 0 Å². The number of aliphatic hydroxyl groups excluding tert-OH is 1. The minimum absolute atomic E-state index is 0.00431. The van der Waals surface area contributed by atoms with Crippen molar-refractivity contribution in [3.63, 3.8) is 0 Å². The Balaban J connectivity index is 2.34. The number of nitrogens with one attached hydrogen (secondary N) is 1. The topological polar surface area (TPSA) is 49.3 Å². The molecule has 0 fully saturated rings. The van der Waals surface area contributed by atoms with Gasteiger partial charge in [-0.25, -0.2) is 0 Å². The van der Waals surface area contributed by atoms with Crippen LogP contribution in [0.3, 0.4) is 0 Å². The molecule has 1 aromatic carbocycles. The van der Waals surface area contributed by atoms with Crippen LogP contribution in [0, 0.1) is 3.57 Å². The first kappa shape index (κ1) is 12.4. The first-order valence-electron chi connectivity index (χ1n) is 4.84. The molecule has 1 aromatic rings. The van der Waals surface area contributed by atoms with Crippen molar-refractivity contribution in [1.82, 2.24) is 5.32 Å². The molecular weight excluding hydrogens is 305 g/mol. The van der Waals surface area contributed by atoms with Crippen molar-refractivity contribution in [1.29, 1.82) is 0 Å². The summed E-state index contributed by atoms with van der Waals surface area (Å²) in [5.74, 6) is 0.00431. The molecule has 82 valence electrons. The maximum Gasteiger partial charge on any atom is 0.224 e. The Morgan fingerprint density at radius 3 is 2.60 bits per heavy atom. The van der Waals surface area contributed by atoms with Gasteiger partial charge in [-0.3, -0.25) is 4.79 Å². The highest BCUT2D eigenvalue weighted by Gasteiger charge is 2.01. The lowest BCUT2D eigenvalue weighted by atomic mass is 10.1. The molecule has 4 heteroatoms. The fraction of sp³-hybridized carbons (Fsp3) is 0.364. The first-order chi connectivity index (χ1) is 7.22. The Kier molecular flexibility index (Phi) is 5.63. The third-order valence-corrected chi connectivity index (χ3v) is 2.65. The van der Waals surface area contributed by atoms with Crippen molar-refractivity contribution in [3.8, 4) is 0 Å². The zero-order valence-electron chi connectivity index (χ0n) is 8.37. The second kappa shape index (κ2) is 6.79. The van der Waals surface area contributed by atoms with Crippen LogP contribution in [-0.2, 0) is 11.2 Å². The lowest BCUT2D eigenvalue weighted by Gasteiger charge is -2.04. The van der Waals surface area contributed by atoms with Gasteiger partial charge in [-0.15, -0.1) is 0 Å². The SMILES string of the molecule is O=C(Cc1ccc(I)cc1)NCCCO. The molecule has 0 atom stereocenters. The summed E-state index contributed by atoms with van der Waals surface area (Å²) >= 11 is 2.23. The van der Waals surface area contributed by atoms with Crippen LogP contribution in [0.4, 0.5) is 0 Å². The number of hydrogen-bond acceptors (Lipinski definition) is 2. The average molecular weight is 319 g/mol. The van der Waals surface area contributed by atoms with E-state index in [1.54, 1.807) is 0 Å². The van der Waals surface area contributed by atoms with Gasteiger partial charge in [0.1, 0.15) is 0 Å². The molecule has 0 spiro atoms. The molecule has 0 aromatic heterocycles. The van der Waals surface area contributed by atoms with Gasteiger partial charge in [-0.05, 0) is 46.7 Å². The van der Waals surface area contributed by atoms with Crippen molar-refractivity contribution >= 4 is 28.5 Å². The molecule has 2 N–H and O–H groups in total. The number of carbonyl (C=O) groups excluding carboxylic acids is 1. The molecule has 0 unspecified atom stereocenters. The number of halogens is 1. The standard InChI is InChI=1S/C11H14INO2/c12-10-4-2-9(3-5-10)8-11(15)13-6-1-7-14/h2-5,14H,1,6-8H2,(H,13,15). The number of aliphatic hydroxyl groups is 1. The molecule has 0 aliphatic heterocycles. The Labute approximate surface area is 103 Å². The van der Waals surface area contributed by atoms with Gasteiger partial charge in [0, 0.05) is 16.7 Å². The summed E-state index contributed by atoms with van der Waals surface area (Å²) in [4.78, 5) is 11.4. The van der Waals surface area contributed by atoms with Gasteiger partial charge in [0.15, 0.2) is 0 Å². The van der Waals surface area contributed by atoms with E-state index in [-0.39, 0.29) is 12.5 Å². The van der Waals surface area contributed by atoms with Crippen LogP contribution >= 0.6 is 22.6 Å². The van der Waals surface area contributed by atoms with Crippen molar-refractivity contribution < 1.29 is 9.90 Å². The number of amides is 1. The van der Waals surface area contributed by atoms with Crippen molar-refractivity contribution in [2.45, 2.75) is 12.8 Å². The first-order valence-corrected chi connectivity index (χ1v) is 5.92. The van der Waals surface area contributed by atoms with Crippen LogP contribution in [-0.4, -0.2) is 24.2 Å². The normalized spacial score (nSPS) is 10.0. The second-order valence-corrected chi connectivity index (χ2v) is 4.48. The van der Waals surface area contributed by atoms with Gasteiger partial charge in [0.05, 0.1) is 6.42 Å². The molecule has 0 saturated carbocycles. The minimum Gasteiger partial charge on any atom is -0.396 e. The summed E-state index contributed by atoms with van der Waals surface area (Å²) in [6.07, 6.45) is 1.01. The van der Waals surface area contributed by atoms with Gasteiger partial charge in [-0.1, -0.05) is 12.1 Å². The Morgan fingerprint density at radius 1 is 1.33 bits per heavy atom. The zero-order chi connectivity index (χ0) is 11.1. The molecule has 1 amide bonds. The van der Waals surface area contributed by atoms with Crippen LogP contribution in [0.1, 0.15) is 12.0 Å². The van der Waals surface area contributed by atoms with E-state index < -0.39 is 0 Å². The highest BCUT2D eigenvalue weighted by atomic mass is 127. The second-order valence-electron chi connectivity index (χ2n) is 3.23. The number of benzene rings is 1. The van der Waals surface area contributed by atoms with Crippen molar-refractivity contribution in [3.05, 3.63) is 33.4 Å². The molecule has 1 rings (SSSR count). The smallest absolute Gasteiger partial charge is 0.224 e. The minimum atomic E-state index is 0.00431. The van der Waals surface area contributed by atoms with E-state index in [4.69, 9.17) is 5.11 Å². The molecule has 0 radical (unpaired) electrons. The van der Waals surface area contributed by atoms with E-state index in [1.807, 2.05) is 24.3 Å². The van der Waals surface area contributed by atoms with Crippen LogP contribution < -0.4 is 5.32 Å². The summed E-state index contributed by atoms with van der Waals surface area (Å²) in [6, 6.07) is 7.87. The molecule has 0 saturated heterocycles. The van der Waals surface area contributed by atoms with E-state index in [0.29, 0.717) is 19.4 Å². The highest BCUT2D eigenvalue weighted by molar-refractivity contribution is 14.1. The number of hydrogen-bond donors (Lipinski definition) is 2. The van der Waals surface area contributed by atoms with Crippen molar-refractivity contribution in [2.75, 3.05) is 13.2 Å². The van der Waals surface area contributed by atoms with E-state index in [2.05, 4.69) is 27.9 Å². The average Bonchev–Trinajstić information content (AvgIpc) is 2.22. The summed E-state index contributed by atoms with van der Waals surface area (Å²) in [7, 11) is 0. The van der Waals surface area contributed by atoms with Crippen LogP contribution in [0.15, 0.2) is 24.3 Å². The maximum absolute atomic E-state index is 11.4. The molecule has 3 nitrogen and oxygen atoms in total. The summed E-state index contributed by atoms with van der Waals surface area (Å²) < 4.78 is 1.16. The summed E-state index contributed by atoms with van der Waals surface area (Å²) in [6.45, 7) is 0.656. The summed E-state index contributed by atoms with van der Waals surface area (Å²) in [5, 5.41) is 11.3. The Bertz CT molecular complexity index is 311.